The lowest BCUT2D eigenvalue weighted by Gasteiger charge is -2.20. The fourth-order valence-corrected chi connectivity index (χ4v) is 4.84. The molecule has 0 spiro atoms. The summed E-state index contributed by atoms with van der Waals surface area (Å²) in [7, 11) is -2.12. The van der Waals surface area contributed by atoms with Gasteiger partial charge in [0.25, 0.3) is 0 Å². The number of hydrogen-bond acceptors (Lipinski definition) is 7. The van der Waals surface area contributed by atoms with E-state index in [1.165, 1.54) is 22.8 Å². The molecule has 1 aliphatic rings. The highest BCUT2D eigenvalue weighted by Gasteiger charge is 2.36. The lowest BCUT2D eigenvalue weighted by atomic mass is 10.2. The van der Waals surface area contributed by atoms with Crippen LogP contribution in [0.1, 0.15) is 23.2 Å². The molecule has 2 heterocycles. The van der Waals surface area contributed by atoms with Crippen LogP contribution in [0.15, 0.2) is 18.2 Å². The number of nitrogens with one attached hydrogen (secondary N) is 1. The molecular weight excluding hydrogens is 366 g/mol. The Balaban J connectivity index is 1.80. The molecule has 1 N–H and O–H groups in total. The fraction of sp³-hybridized carbons (Fsp3) is 0.400. The molecule has 10 heteroatoms. The van der Waals surface area contributed by atoms with E-state index in [0.29, 0.717) is 35.6 Å². The van der Waals surface area contributed by atoms with Crippen LogP contribution in [0.5, 0.6) is 0 Å². The van der Waals surface area contributed by atoms with Crippen LogP contribution in [0.2, 0.25) is 0 Å². The Labute approximate surface area is 148 Å². The molecule has 134 valence electrons. The first-order valence-corrected chi connectivity index (χ1v) is 10.2. The Kier molecular flexibility index (Phi) is 4.76. The zero-order chi connectivity index (χ0) is 18.2. The van der Waals surface area contributed by atoms with Crippen LogP contribution in [0, 0.1) is 0 Å². The van der Waals surface area contributed by atoms with Crippen molar-refractivity contribution in [3.63, 3.8) is 0 Å². The number of carbonyl (C=O) groups excluding carboxylic acids is 2. The molecule has 1 saturated heterocycles. The first-order chi connectivity index (χ1) is 11.8. The van der Waals surface area contributed by atoms with Gasteiger partial charge in [-0.25, -0.2) is 18.2 Å². The normalized spacial score (nSPS) is 18.4. The molecule has 8 nitrogen and oxygen atoms in total. The number of carbonyl (C=O) groups is 2. The van der Waals surface area contributed by atoms with Crippen molar-refractivity contribution in [2.24, 2.45) is 0 Å². The van der Waals surface area contributed by atoms with E-state index in [1.807, 2.05) is 0 Å². The first kappa shape index (κ1) is 17.8. The minimum absolute atomic E-state index is 0.346. The van der Waals surface area contributed by atoms with Gasteiger partial charge in [0, 0.05) is 6.54 Å². The maximum Gasteiger partial charge on any atom is 0.337 e. The second-order valence-corrected chi connectivity index (χ2v) is 8.68. The van der Waals surface area contributed by atoms with Gasteiger partial charge in [-0.2, -0.15) is 4.31 Å². The van der Waals surface area contributed by atoms with Crippen molar-refractivity contribution < 1.29 is 22.7 Å². The number of nitrogens with zero attached hydrogens (tertiary/aromatic N) is 2. The van der Waals surface area contributed by atoms with Crippen molar-refractivity contribution in [2.45, 2.75) is 18.9 Å². The predicted octanol–water partition coefficient (Wildman–Crippen LogP) is 1.45. The van der Waals surface area contributed by atoms with E-state index in [9.17, 15) is 18.0 Å². The van der Waals surface area contributed by atoms with Crippen LogP contribution in [-0.2, 0) is 19.6 Å². The molecule has 2 aromatic rings. The highest BCUT2D eigenvalue weighted by molar-refractivity contribution is 7.88. The molecule has 1 fully saturated rings. The quantitative estimate of drug-likeness (QED) is 0.801. The lowest BCUT2D eigenvalue weighted by Crippen LogP contribution is -2.42. The van der Waals surface area contributed by atoms with Crippen molar-refractivity contribution in [1.29, 1.82) is 0 Å². The van der Waals surface area contributed by atoms with Gasteiger partial charge in [0.1, 0.15) is 6.04 Å². The van der Waals surface area contributed by atoms with Gasteiger partial charge in [0.15, 0.2) is 5.13 Å². The molecule has 0 saturated carbocycles. The Morgan fingerprint density at radius 2 is 2.16 bits per heavy atom. The van der Waals surface area contributed by atoms with Crippen molar-refractivity contribution in [1.82, 2.24) is 9.29 Å². The molecule has 1 atom stereocenters. The van der Waals surface area contributed by atoms with E-state index in [4.69, 9.17) is 0 Å². The van der Waals surface area contributed by atoms with Gasteiger partial charge in [-0.15, -0.1) is 0 Å². The third kappa shape index (κ3) is 3.65. The average Bonchev–Trinajstić information content (AvgIpc) is 3.19. The van der Waals surface area contributed by atoms with E-state index in [0.717, 1.165) is 11.0 Å². The number of fused-ring (bicyclic) bond motifs is 1. The van der Waals surface area contributed by atoms with E-state index in [1.54, 1.807) is 18.2 Å². The smallest absolute Gasteiger partial charge is 0.337 e. The summed E-state index contributed by atoms with van der Waals surface area (Å²) in [5.74, 6) is -0.842. The number of hydrogen-bond donors (Lipinski definition) is 1. The number of ether oxygens (including phenoxy) is 1. The Bertz CT molecular complexity index is 938. The van der Waals surface area contributed by atoms with Crippen molar-refractivity contribution in [3.8, 4) is 0 Å². The number of amides is 1. The molecule has 1 amide bonds. The van der Waals surface area contributed by atoms with Crippen LogP contribution in [-0.4, -0.2) is 55.5 Å². The Morgan fingerprint density at radius 1 is 1.40 bits per heavy atom. The van der Waals surface area contributed by atoms with Crippen molar-refractivity contribution in [2.75, 3.05) is 25.2 Å². The highest BCUT2D eigenvalue weighted by atomic mass is 32.2. The number of sulfonamides is 1. The summed E-state index contributed by atoms with van der Waals surface area (Å²) < 4.78 is 30.1. The molecule has 0 bridgehead atoms. The van der Waals surface area contributed by atoms with Gasteiger partial charge < -0.3 is 10.1 Å². The first-order valence-electron chi connectivity index (χ1n) is 7.56. The molecule has 25 heavy (non-hydrogen) atoms. The van der Waals surface area contributed by atoms with Crippen LogP contribution in [0.3, 0.4) is 0 Å². The third-order valence-corrected chi connectivity index (χ3v) is 6.19. The number of rotatable bonds is 4. The molecule has 0 radical (unpaired) electrons. The van der Waals surface area contributed by atoms with Crippen LogP contribution in [0.25, 0.3) is 10.2 Å². The molecule has 0 aliphatic carbocycles. The highest BCUT2D eigenvalue weighted by Crippen LogP contribution is 2.28. The molecular formula is C15H17N3O5S2. The van der Waals surface area contributed by atoms with Gasteiger partial charge in [-0.1, -0.05) is 11.3 Å². The maximum absolute atomic E-state index is 12.4. The largest absolute Gasteiger partial charge is 0.465 e. The van der Waals surface area contributed by atoms with Crippen LogP contribution >= 0.6 is 11.3 Å². The van der Waals surface area contributed by atoms with Crippen LogP contribution in [0.4, 0.5) is 5.13 Å². The minimum Gasteiger partial charge on any atom is -0.465 e. The molecule has 3 rings (SSSR count). The van der Waals surface area contributed by atoms with E-state index >= 15 is 0 Å². The maximum atomic E-state index is 12.4. The molecule has 1 unspecified atom stereocenters. The number of thiazole rings is 1. The van der Waals surface area contributed by atoms with E-state index in [2.05, 4.69) is 15.0 Å². The van der Waals surface area contributed by atoms with Crippen molar-refractivity contribution >= 4 is 48.6 Å². The number of benzene rings is 1. The van der Waals surface area contributed by atoms with Gasteiger partial charge in [0.05, 0.1) is 29.1 Å². The summed E-state index contributed by atoms with van der Waals surface area (Å²) in [6.45, 7) is 0.346. The van der Waals surface area contributed by atoms with Crippen LogP contribution < -0.4 is 5.32 Å². The summed E-state index contributed by atoms with van der Waals surface area (Å²) in [6.07, 6.45) is 2.23. The van der Waals surface area contributed by atoms with E-state index < -0.39 is 27.9 Å². The lowest BCUT2D eigenvalue weighted by molar-refractivity contribution is -0.119. The van der Waals surface area contributed by atoms with E-state index in [-0.39, 0.29) is 0 Å². The number of esters is 1. The third-order valence-electron chi connectivity index (χ3n) is 3.97. The van der Waals surface area contributed by atoms with Gasteiger partial charge >= 0.3 is 5.97 Å². The summed E-state index contributed by atoms with van der Waals surface area (Å²) in [5, 5.41) is 3.05. The Morgan fingerprint density at radius 3 is 2.84 bits per heavy atom. The van der Waals surface area contributed by atoms with Crippen molar-refractivity contribution in [3.05, 3.63) is 23.8 Å². The minimum atomic E-state index is -3.43. The standard InChI is InChI=1S/C15H17N3O5S2/c1-23-14(20)9-5-6-10-12(8-9)24-15(16-10)17-13(19)11-4-3-7-18(11)25(2,21)22/h5-6,8,11H,3-4,7H2,1-2H3,(H,16,17,19). The molecule has 1 aliphatic heterocycles. The molecule has 1 aromatic heterocycles. The number of aromatic nitrogens is 1. The summed E-state index contributed by atoms with van der Waals surface area (Å²) >= 11 is 1.22. The Hall–Kier alpha value is -2.04. The topological polar surface area (TPSA) is 106 Å². The van der Waals surface area contributed by atoms with Gasteiger partial charge in [-0.05, 0) is 31.0 Å². The second-order valence-electron chi connectivity index (χ2n) is 5.71. The zero-order valence-corrected chi connectivity index (χ0v) is 15.3. The second kappa shape index (κ2) is 6.70. The summed E-state index contributed by atoms with van der Waals surface area (Å²) in [4.78, 5) is 28.3. The number of methoxy groups -OCH3 is 1. The summed E-state index contributed by atoms with van der Waals surface area (Å²) in [6, 6.07) is 4.20. The average molecular weight is 383 g/mol. The summed E-state index contributed by atoms with van der Waals surface area (Å²) in [5.41, 5.74) is 1.04. The molecule has 1 aromatic carbocycles. The van der Waals surface area contributed by atoms with Gasteiger partial charge in [0.2, 0.25) is 15.9 Å². The number of anilines is 1. The predicted molar refractivity (Wildman–Crippen MR) is 94.2 cm³/mol. The van der Waals surface area contributed by atoms with Gasteiger partial charge in [-0.3, -0.25) is 4.79 Å². The SMILES string of the molecule is COC(=O)c1ccc2nc(NC(=O)C3CCCN3S(C)(=O)=O)sc2c1. The fourth-order valence-electron chi connectivity index (χ4n) is 2.81. The monoisotopic (exact) mass is 383 g/mol. The zero-order valence-electron chi connectivity index (χ0n) is 13.7.